The van der Waals surface area contributed by atoms with Gasteiger partial charge in [0.15, 0.2) is 0 Å². The molecule has 0 aliphatic heterocycles. The van der Waals surface area contributed by atoms with E-state index in [2.05, 4.69) is 13.8 Å². The summed E-state index contributed by atoms with van der Waals surface area (Å²) in [6, 6.07) is 0. The number of hydrogen-bond donors (Lipinski definition) is 1. The highest BCUT2D eigenvalue weighted by Gasteiger charge is 2.31. The van der Waals surface area contributed by atoms with Crippen molar-refractivity contribution in [1.29, 1.82) is 0 Å². The molecule has 1 saturated carbocycles. The topological polar surface area (TPSA) is 63.6 Å². The zero-order chi connectivity index (χ0) is 17.1. The van der Waals surface area contributed by atoms with Crippen molar-refractivity contribution in [3.8, 4) is 0 Å². The van der Waals surface area contributed by atoms with Crippen LogP contribution in [0.15, 0.2) is 0 Å². The monoisotopic (exact) mass is 326 g/mol. The van der Waals surface area contributed by atoms with Crippen molar-refractivity contribution in [1.82, 2.24) is 0 Å². The van der Waals surface area contributed by atoms with Crippen LogP contribution >= 0.6 is 0 Å². The third kappa shape index (κ3) is 7.85. The Morgan fingerprint density at radius 1 is 0.957 bits per heavy atom. The van der Waals surface area contributed by atoms with E-state index in [-0.39, 0.29) is 23.9 Å². The number of ether oxygens (including phenoxy) is 1. The van der Waals surface area contributed by atoms with Crippen LogP contribution in [0.25, 0.3) is 0 Å². The molecule has 0 aromatic heterocycles. The van der Waals surface area contributed by atoms with Gasteiger partial charge in [0.25, 0.3) is 0 Å². The van der Waals surface area contributed by atoms with Gasteiger partial charge in [0, 0.05) is 0 Å². The molecule has 1 aliphatic rings. The minimum atomic E-state index is -0.730. The Bertz CT molecular complexity index is 345. The predicted octanol–water partition coefficient (Wildman–Crippen LogP) is 4.95. The number of hydrogen-bond acceptors (Lipinski definition) is 3. The summed E-state index contributed by atoms with van der Waals surface area (Å²) in [5, 5.41) is 9.00. The zero-order valence-corrected chi connectivity index (χ0v) is 14.9. The molecule has 23 heavy (non-hydrogen) atoms. The third-order valence-corrected chi connectivity index (χ3v) is 5.03. The van der Waals surface area contributed by atoms with Crippen LogP contribution in [-0.2, 0) is 14.3 Å². The van der Waals surface area contributed by atoms with Crippen molar-refractivity contribution < 1.29 is 19.4 Å². The predicted molar refractivity (Wildman–Crippen MR) is 91.2 cm³/mol. The Hall–Kier alpha value is -1.06. The second-order valence-electron chi connectivity index (χ2n) is 6.91. The molecule has 0 aromatic rings. The Morgan fingerprint density at radius 2 is 1.52 bits per heavy atom. The Labute approximate surface area is 141 Å². The average molecular weight is 326 g/mol. The summed E-state index contributed by atoms with van der Waals surface area (Å²) in [6.07, 6.45) is 11.9. The fraction of sp³-hybridized carbons (Fsp3) is 0.895. The molecule has 0 heterocycles. The fourth-order valence-electron chi connectivity index (χ4n) is 3.34. The van der Waals surface area contributed by atoms with Crippen molar-refractivity contribution >= 4 is 11.9 Å². The first-order valence-corrected chi connectivity index (χ1v) is 9.51. The Kier molecular flexibility index (Phi) is 9.97. The fourth-order valence-corrected chi connectivity index (χ4v) is 3.34. The normalized spacial score (nSPS) is 22.5. The van der Waals surface area contributed by atoms with Crippen molar-refractivity contribution in [2.75, 3.05) is 0 Å². The van der Waals surface area contributed by atoms with Crippen LogP contribution in [0.2, 0.25) is 0 Å². The summed E-state index contributed by atoms with van der Waals surface area (Å²) >= 11 is 0. The largest absolute Gasteiger partial charge is 0.481 e. The van der Waals surface area contributed by atoms with E-state index in [9.17, 15) is 9.59 Å². The summed E-state index contributed by atoms with van der Waals surface area (Å²) in [7, 11) is 0. The van der Waals surface area contributed by atoms with Crippen LogP contribution in [0.3, 0.4) is 0 Å². The lowest BCUT2D eigenvalue weighted by Gasteiger charge is -2.26. The number of esters is 1. The minimum Gasteiger partial charge on any atom is -0.481 e. The van der Waals surface area contributed by atoms with Gasteiger partial charge in [-0.2, -0.15) is 0 Å². The highest BCUT2D eigenvalue weighted by Crippen LogP contribution is 2.30. The molecule has 0 saturated heterocycles. The molecule has 1 atom stereocenters. The molecule has 0 radical (unpaired) electrons. The van der Waals surface area contributed by atoms with E-state index in [0.29, 0.717) is 25.7 Å². The number of carbonyl (C=O) groups excluding carboxylic acids is 1. The molecular formula is C19H34O4. The molecule has 1 rings (SSSR count). The van der Waals surface area contributed by atoms with Crippen LogP contribution in [0.1, 0.15) is 90.9 Å². The number of carbonyl (C=O) groups is 2. The molecular weight excluding hydrogens is 292 g/mol. The molecule has 1 unspecified atom stereocenters. The summed E-state index contributed by atoms with van der Waals surface area (Å²) < 4.78 is 5.68. The lowest BCUT2D eigenvalue weighted by Crippen LogP contribution is -2.29. The molecule has 0 bridgehead atoms. The van der Waals surface area contributed by atoms with Gasteiger partial charge in [0.2, 0.25) is 0 Å². The van der Waals surface area contributed by atoms with Crippen LogP contribution < -0.4 is 0 Å². The molecule has 0 amide bonds. The van der Waals surface area contributed by atoms with E-state index in [4.69, 9.17) is 9.84 Å². The van der Waals surface area contributed by atoms with E-state index in [0.717, 1.165) is 19.3 Å². The highest BCUT2D eigenvalue weighted by molar-refractivity contribution is 5.74. The van der Waals surface area contributed by atoms with E-state index >= 15 is 0 Å². The SMILES string of the molecule is CCCCCCCCC(CC)OC(=O)C1CCC(C(=O)O)CC1. The smallest absolute Gasteiger partial charge is 0.309 e. The molecule has 0 aromatic carbocycles. The zero-order valence-electron chi connectivity index (χ0n) is 14.9. The van der Waals surface area contributed by atoms with Crippen LogP contribution in [0.4, 0.5) is 0 Å². The van der Waals surface area contributed by atoms with Crippen LogP contribution in [-0.4, -0.2) is 23.1 Å². The van der Waals surface area contributed by atoms with Crippen molar-refractivity contribution in [2.45, 2.75) is 97.0 Å². The van der Waals surface area contributed by atoms with Crippen molar-refractivity contribution in [3.05, 3.63) is 0 Å². The molecule has 1 fully saturated rings. The minimum absolute atomic E-state index is 0.0332. The molecule has 1 aliphatic carbocycles. The van der Waals surface area contributed by atoms with E-state index in [1.54, 1.807) is 0 Å². The van der Waals surface area contributed by atoms with Gasteiger partial charge in [-0.1, -0.05) is 46.0 Å². The van der Waals surface area contributed by atoms with Gasteiger partial charge in [0.1, 0.15) is 6.10 Å². The van der Waals surface area contributed by atoms with Crippen LogP contribution in [0.5, 0.6) is 0 Å². The van der Waals surface area contributed by atoms with Crippen LogP contribution in [0, 0.1) is 11.8 Å². The number of carboxylic acids is 1. The first-order chi connectivity index (χ1) is 11.1. The van der Waals surface area contributed by atoms with Crippen molar-refractivity contribution in [3.63, 3.8) is 0 Å². The molecule has 4 heteroatoms. The lowest BCUT2D eigenvalue weighted by molar-refractivity contribution is -0.157. The summed E-state index contributed by atoms with van der Waals surface area (Å²) in [5.74, 6) is -1.20. The molecule has 0 spiro atoms. The third-order valence-electron chi connectivity index (χ3n) is 5.03. The second kappa shape index (κ2) is 11.5. The van der Waals surface area contributed by atoms with Gasteiger partial charge in [-0.15, -0.1) is 0 Å². The van der Waals surface area contributed by atoms with Gasteiger partial charge in [0.05, 0.1) is 11.8 Å². The Morgan fingerprint density at radius 3 is 2.09 bits per heavy atom. The average Bonchev–Trinajstić information content (AvgIpc) is 2.56. The molecule has 1 N–H and O–H groups in total. The van der Waals surface area contributed by atoms with Gasteiger partial charge in [-0.05, 0) is 44.9 Å². The maximum Gasteiger partial charge on any atom is 0.309 e. The van der Waals surface area contributed by atoms with Gasteiger partial charge in [-0.25, -0.2) is 0 Å². The summed E-state index contributed by atoms with van der Waals surface area (Å²) in [5.41, 5.74) is 0. The maximum atomic E-state index is 12.2. The number of aliphatic carboxylic acids is 1. The van der Waals surface area contributed by atoms with E-state index < -0.39 is 5.97 Å². The van der Waals surface area contributed by atoms with E-state index in [1.807, 2.05) is 0 Å². The first kappa shape index (κ1) is 20.0. The van der Waals surface area contributed by atoms with Crippen molar-refractivity contribution in [2.24, 2.45) is 11.8 Å². The highest BCUT2D eigenvalue weighted by atomic mass is 16.5. The molecule has 134 valence electrons. The van der Waals surface area contributed by atoms with Gasteiger partial charge >= 0.3 is 11.9 Å². The first-order valence-electron chi connectivity index (χ1n) is 9.51. The number of rotatable bonds is 11. The van der Waals surface area contributed by atoms with Gasteiger partial charge < -0.3 is 9.84 Å². The number of carboxylic acid groups (broad SMARTS) is 1. The maximum absolute atomic E-state index is 12.2. The standard InChI is InChI=1S/C19H34O4/c1-3-5-6-7-8-9-10-17(4-2)23-19(22)16-13-11-15(12-14-16)18(20)21/h15-17H,3-14H2,1-2H3,(H,20,21). The Balaban J connectivity index is 2.21. The summed E-state index contributed by atoms with van der Waals surface area (Å²) in [4.78, 5) is 23.2. The van der Waals surface area contributed by atoms with E-state index in [1.165, 1.54) is 32.1 Å². The lowest BCUT2D eigenvalue weighted by atomic mass is 9.82. The summed E-state index contributed by atoms with van der Waals surface area (Å²) in [6.45, 7) is 4.28. The molecule has 4 nitrogen and oxygen atoms in total. The quantitative estimate of drug-likeness (QED) is 0.431. The second-order valence-corrected chi connectivity index (χ2v) is 6.91. The van der Waals surface area contributed by atoms with Gasteiger partial charge in [-0.3, -0.25) is 9.59 Å². The number of unbranched alkanes of at least 4 members (excludes halogenated alkanes) is 5.